The van der Waals surface area contributed by atoms with Gasteiger partial charge in [0, 0.05) is 51.5 Å². The van der Waals surface area contributed by atoms with Gasteiger partial charge in [0.1, 0.15) is 11.6 Å². The number of nitrogens with one attached hydrogen (secondary N) is 2. The molecule has 0 spiro atoms. The van der Waals surface area contributed by atoms with Gasteiger partial charge in [-0.2, -0.15) is 0 Å². The predicted octanol–water partition coefficient (Wildman–Crippen LogP) is 1.27. The minimum Gasteiger partial charge on any atom is -0.504 e. The molecule has 0 saturated carbocycles. The van der Waals surface area contributed by atoms with Crippen LogP contribution in [0.1, 0.15) is 44.1 Å². The number of aryl methyl sites for hydroxylation is 1. The number of carbonyl (C=O) groups excluding carboxylic acids is 2. The minimum absolute atomic E-state index is 0.0317. The summed E-state index contributed by atoms with van der Waals surface area (Å²) in [5.74, 6) is -0.406. The Kier molecular flexibility index (Phi) is 11.9. The second kappa shape index (κ2) is 14.9. The molecule has 0 fully saturated rings. The molecular weight excluding hydrogens is 450 g/mol. The van der Waals surface area contributed by atoms with Gasteiger partial charge in [0.15, 0.2) is 17.5 Å². The van der Waals surface area contributed by atoms with Gasteiger partial charge in [-0.05, 0) is 49.8 Å². The van der Waals surface area contributed by atoms with Gasteiger partial charge in [-0.25, -0.2) is 0 Å². The molecule has 1 aromatic carbocycles. The lowest BCUT2D eigenvalue weighted by Gasteiger charge is -2.23. The highest BCUT2D eigenvalue weighted by atomic mass is 16.5. The number of phenols is 1. The van der Waals surface area contributed by atoms with Crippen molar-refractivity contribution in [3.8, 4) is 11.5 Å². The van der Waals surface area contributed by atoms with E-state index in [-0.39, 0.29) is 49.2 Å². The number of Topliss-reactive ketones (excluding diaryl/α,β-unsaturated/α-hetero) is 2. The Morgan fingerprint density at radius 1 is 1.26 bits per heavy atom. The summed E-state index contributed by atoms with van der Waals surface area (Å²) in [5, 5.41) is 25.5. The lowest BCUT2D eigenvalue weighted by Crippen LogP contribution is -2.41. The highest BCUT2D eigenvalue weighted by Gasteiger charge is 2.25. The second-order valence-corrected chi connectivity index (χ2v) is 8.63. The van der Waals surface area contributed by atoms with Crippen LogP contribution < -0.4 is 21.1 Å². The predicted molar refractivity (Wildman–Crippen MR) is 135 cm³/mol. The summed E-state index contributed by atoms with van der Waals surface area (Å²) in [7, 11) is 3.08. The van der Waals surface area contributed by atoms with E-state index in [1.165, 1.54) is 13.2 Å². The van der Waals surface area contributed by atoms with Gasteiger partial charge in [0.05, 0.1) is 19.7 Å². The van der Waals surface area contributed by atoms with Crippen LogP contribution in [0.25, 0.3) is 0 Å². The van der Waals surface area contributed by atoms with Crippen molar-refractivity contribution < 1.29 is 24.5 Å². The van der Waals surface area contributed by atoms with Gasteiger partial charge < -0.3 is 36.2 Å². The van der Waals surface area contributed by atoms with E-state index in [0.717, 1.165) is 25.2 Å². The SMILES string of the molecule is CN=C(N)N[C@H](CCCC(=O)[C@@H](CCO)C(=O)CCc1ccc(O)c(OC)c1)CCN1C=CNC1. The van der Waals surface area contributed by atoms with E-state index >= 15 is 0 Å². The molecule has 2 rings (SSSR count). The third-order valence-corrected chi connectivity index (χ3v) is 6.13. The molecule has 1 aliphatic heterocycles. The number of hydrogen-bond donors (Lipinski definition) is 5. The smallest absolute Gasteiger partial charge is 0.188 e. The molecule has 1 aromatic rings. The van der Waals surface area contributed by atoms with Crippen LogP contribution in [0.4, 0.5) is 0 Å². The van der Waals surface area contributed by atoms with Crippen molar-refractivity contribution in [2.75, 3.05) is 34.0 Å². The Morgan fingerprint density at radius 2 is 2.03 bits per heavy atom. The number of benzene rings is 1. The summed E-state index contributed by atoms with van der Waals surface area (Å²) in [6, 6.07) is 4.97. The van der Waals surface area contributed by atoms with Crippen LogP contribution in [0.2, 0.25) is 0 Å². The van der Waals surface area contributed by atoms with Crippen LogP contribution in [0.15, 0.2) is 35.6 Å². The van der Waals surface area contributed by atoms with E-state index in [0.29, 0.717) is 31.0 Å². The maximum absolute atomic E-state index is 12.9. The molecule has 1 heterocycles. The molecule has 1 aliphatic rings. The Hall–Kier alpha value is -3.27. The van der Waals surface area contributed by atoms with E-state index in [9.17, 15) is 19.8 Å². The Morgan fingerprint density at radius 3 is 2.69 bits per heavy atom. The molecule has 10 heteroatoms. The number of rotatable bonds is 16. The average molecular weight is 490 g/mol. The molecule has 194 valence electrons. The van der Waals surface area contributed by atoms with Crippen molar-refractivity contribution >= 4 is 17.5 Å². The highest BCUT2D eigenvalue weighted by molar-refractivity contribution is 6.02. The first-order valence-corrected chi connectivity index (χ1v) is 12.0. The lowest BCUT2D eigenvalue weighted by molar-refractivity contribution is -0.133. The standard InChI is InChI=1S/C25H39N5O5/c1-27-25(26)29-19(10-13-30-14-12-28-17-30)4-3-5-21(32)20(11-15-31)22(33)8-6-18-7-9-23(34)24(16-18)35-2/h7,9,12,14,16,19-20,28,31,34H,3-6,8,10-11,13,15,17H2,1-2H3,(H3,26,27,29)/t19-,20-/m1/s1. The highest BCUT2D eigenvalue weighted by Crippen LogP contribution is 2.27. The second-order valence-electron chi connectivity index (χ2n) is 8.63. The van der Waals surface area contributed by atoms with Crippen molar-refractivity contribution in [3.05, 3.63) is 36.2 Å². The Bertz CT molecular complexity index is 889. The number of aliphatic hydroxyl groups is 1. The summed E-state index contributed by atoms with van der Waals surface area (Å²) < 4.78 is 5.11. The van der Waals surface area contributed by atoms with Crippen LogP contribution in [-0.4, -0.2) is 72.7 Å². The first-order valence-electron chi connectivity index (χ1n) is 12.0. The molecule has 0 radical (unpaired) electrons. The van der Waals surface area contributed by atoms with Gasteiger partial charge in [-0.1, -0.05) is 6.07 Å². The molecule has 6 N–H and O–H groups in total. The number of methoxy groups -OCH3 is 1. The van der Waals surface area contributed by atoms with Crippen molar-refractivity contribution in [1.82, 2.24) is 15.5 Å². The molecule has 0 aliphatic carbocycles. The van der Waals surface area contributed by atoms with E-state index < -0.39 is 5.92 Å². The largest absolute Gasteiger partial charge is 0.504 e. The maximum Gasteiger partial charge on any atom is 0.188 e. The van der Waals surface area contributed by atoms with Crippen LogP contribution in [0.5, 0.6) is 11.5 Å². The number of nitrogens with zero attached hydrogens (tertiary/aromatic N) is 2. The number of aromatic hydroxyl groups is 1. The fourth-order valence-electron chi connectivity index (χ4n) is 4.07. The number of hydrogen-bond acceptors (Lipinski definition) is 8. The van der Waals surface area contributed by atoms with Crippen molar-refractivity contribution in [2.24, 2.45) is 16.6 Å². The third kappa shape index (κ3) is 9.48. The van der Waals surface area contributed by atoms with Crippen molar-refractivity contribution in [3.63, 3.8) is 0 Å². The lowest BCUT2D eigenvalue weighted by atomic mass is 9.89. The Balaban J connectivity index is 1.87. The molecule has 0 saturated heterocycles. The van der Waals surface area contributed by atoms with Crippen LogP contribution >= 0.6 is 0 Å². The van der Waals surface area contributed by atoms with E-state index in [2.05, 4.69) is 20.5 Å². The number of phenolic OH excluding ortho intramolecular Hbond substituents is 1. The normalized spacial score (nSPS) is 14.9. The Labute approximate surface area is 207 Å². The number of carbonyl (C=O) groups is 2. The maximum atomic E-state index is 12.9. The molecule has 0 bridgehead atoms. The first kappa shape index (κ1) is 28.0. The van der Waals surface area contributed by atoms with Crippen LogP contribution in [0.3, 0.4) is 0 Å². The zero-order valence-corrected chi connectivity index (χ0v) is 20.7. The zero-order chi connectivity index (χ0) is 25.6. The van der Waals surface area contributed by atoms with Gasteiger partial charge in [-0.3, -0.25) is 14.6 Å². The molecule has 10 nitrogen and oxygen atoms in total. The molecular formula is C25H39N5O5. The van der Waals surface area contributed by atoms with Gasteiger partial charge in [0.25, 0.3) is 0 Å². The minimum atomic E-state index is -0.812. The monoisotopic (exact) mass is 489 g/mol. The third-order valence-electron chi connectivity index (χ3n) is 6.13. The number of ether oxygens (including phenoxy) is 1. The summed E-state index contributed by atoms with van der Waals surface area (Å²) in [6.07, 6.45) is 7.02. The van der Waals surface area contributed by atoms with Gasteiger partial charge in [0.2, 0.25) is 0 Å². The molecule has 0 aromatic heterocycles. The molecule has 2 atom stereocenters. The van der Waals surface area contributed by atoms with Crippen molar-refractivity contribution in [1.29, 1.82) is 0 Å². The quantitative estimate of drug-likeness (QED) is 0.131. The fraction of sp³-hybridized carbons (Fsp3) is 0.560. The number of aliphatic hydroxyl groups excluding tert-OH is 1. The topological polar surface area (TPSA) is 150 Å². The van der Waals surface area contributed by atoms with Gasteiger partial charge >= 0.3 is 0 Å². The molecule has 35 heavy (non-hydrogen) atoms. The van der Waals surface area contributed by atoms with E-state index in [4.69, 9.17) is 10.5 Å². The summed E-state index contributed by atoms with van der Waals surface area (Å²) in [5.41, 5.74) is 6.69. The number of nitrogens with two attached hydrogens (primary N) is 1. The van der Waals surface area contributed by atoms with Crippen LogP contribution in [-0.2, 0) is 16.0 Å². The number of aliphatic imine (C=N–C) groups is 1. The molecule has 0 amide bonds. The summed E-state index contributed by atoms with van der Waals surface area (Å²) >= 11 is 0. The molecule has 0 unspecified atom stereocenters. The number of guanidine groups is 1. The van der Waals surface area contributed by atoms with Crippen LogP contribution in [0, 0.1) is 5.92 Å². The van der Waals surface area contributed by atoms with Crippen molar-refractivity contribution in [2.45, 2.75) is 51.0 Å². The zero-order valence-electron chi connectivity index (χ0n) is 20.7. The van der Waals surface area contributed by atoms with E-state index in [1.807, 2.05) is 12.4 Å². The van der Waals surface area contributed by atoms with E-state index in [1.54, 1.807) is 19.2 Å². The average Bonchev–Trinajstić information content (AvgIpc) is 3.38. The first-order chi connectivity index (χ1) is 16.9. The fourth-order valence-corrected chi connectivity index (χ4v) is 4.07. The van der Waals surface area contributed by atoms with Gasteiger partial charge in [-0.15, -0.1) is 0 Å². The summed E-state index contributed by atoms with van der Waals surface area (Å²) in [6.45, 7) is 1.38. The number of ketones is 2. The summed E-state index contributed by atoms with van der Waals surface area (Å²) in [4.78, 5) is 31.8.